The molecule has 0 aliphatic rings. The molecule has 0 radical (unpaired) electrons. The summed E-state index contributed by atoms with van der Waals surface area (Å²) in [6.07, 6.45) is 3.27. The standard InChI is InChI=1S/C22H19ClN4O4S2/c1-29-18-5-3-4-6-19(18)31-10-9-30-17-8-7-14(12-16(17)23)11-15(13-24)20(28)25-21-26-22(32-2)27-33-21/h3-8,11-12H,9-10H2,1-2H3,(H,25,26,27,28). The molecule has 0 fully saturated rings. The van der Waals surface area contributed by atoms with Crippen molar-refractivity contribution < 1.29 is 19.0 Å². The Labute approximate surface area is 204 Å². The lowest BCUT2D eigenvalue weighted by Crippen LogP contribution is -2.13. The van der Waals surface area contributed by atoms with Crippen molar-refractivity contribution >= 4 is 52.0 Å². The summed E-state index contributed by atoms with van der Waals surface area (Å²) in [5, 5.41) is 13.2. The number of carbonyl (C=O) groups excluding carboxylic acids is 1. The molecule has 2 aromatic carbocycles. The van der Waals surface area contributed by atoms with E-state index in [-0.39, 0.29) is 12.2 Å². The number of hydrogen-bond acceptors (Lipinski definition) is 9. The summed E-state index contributed by atoms with van der Waals surface area (Å²) >= 11 is 8.72. The zero-order valence-corrected chi connectivity index (χ0v) is 20.1. The van der Waals surface area contributed by atoms with E-state index in [9.17, 15) is 10.1 Å². The maximum absolute atomic E-state index is 12.4. The van der Waals surface area contributed by atoms with Gasteiger partial charge in [0.15, 0.2) is 11.5 Å². The number of para-hydroxylation sites is 2. The highest BCUT2D eigenvalue weighted by Gasteiger charge is 2.13. The highest BCUT2D eigenvalue weighted by molar-refractivity contribution is 7.98. The van der Waals surface area contributed by atoms with Crippen LogP contribution in [0.2, 0.25) is 5.02 Å². The molecular weight excluding hydrogens is 484 g/mol. The van der Waals surface area contributed by atoms with Crippen LogP contribution >= 0.6 is 34.9 Å². The quantitative estimate of drug-likeness (QED) is 0.180. The average Bonchev–Trinajstić information content (AvgIpc) is 3.29. The Balaban J connectivity index is 1.58. The van der Waals surface area contributed by atoms with Gasteiger partial charge in [0.2, 0.25) is 10.3 Å². The van der Waals surface area contributed by atoms with E-state index >= 15 is 0 Å². The van der Waals surface area contributed by atoms with Crippen molar-refractivity contribution in [3.63, 3.8) is 0 Å². The van der Waals surface area contributed by atoms with Gasteiger partial charge in [-0.25, -0.2) is 0 Å². The molecule has 0 spiro atoms. The number of thioether (sulfide) groups is 1. The zero-order chi connectivity index (χ0) is 23.6. The average molecular weight is 503 g/mol. The number of halogens is 1. The third-order valence-corrected chi connectivity index (χ3v) is 5.70. The molecule has 3 rings (SSSR count). The van der Waals surface area contributed by atoms with Crippen LogP contribution < -0.4 is 19.5 Å². The van der Waals surface area contributed by atoms with Crippen LogP contribution in [-0.2, 0) is 4.79 Å². The molecule has 0 saturated carbocycles. The molecule has 11 heteroatoms. The van der Waals surface area contributed by atoms with Crippen molar-refractivity contribution in [3.8, 4) is 23.3 Å². The summed E-state index contributed by atoms with van der Waals surface area (Å²) in [6.45, 7) is 0.555. The first-order chi connectivity index (χ1) is 16.0. The molecule has 0 bridgehead atoms. The van der Waals surface area contributed by atoms with E-state index < -0.39 is 5.91 Å². The smallest absolute Gasteiger partial charge is 0.268 e. The Hall–Kier alpha value is -3.26. The van der Waals surface area contributed by atoms with Gasteiger partial charge in [0.25, 0.3) is 5.91 Å². The summed E-state index contributed by atoms with van der Waals surface area (Å²) < 4.78 is 20.7. The SMILES string of the molecule is COc1ccccc1OCCOc1ccc(C=C(C#N)C(=O)Nc2nc(SC)ns2)cc1Cl. The number of amides is 1. The molecule has 0 unspecified atom stereocenters. The van der Waals surface area contributed by atoms with Crippen molar-refractivity contribution in [3.05, 3.63) is 58.6 Å². The third-order valence-electron chi connectivity index (χ3n) is 4.11. The van der Waals surface area contributed by atoms with E-state index in [0.717, 1.165) is 11.5 Å². The van der Waals surface area contributed by atoms with Crippen molar-refractivity contribution in [2.75, 3.05) is 31.9 Å². The minimum atomic E-state index is -0.578. The number of hydrogen-bond donors (Lipinski definition) is 1. The van der Waals surface area contributed by atoms with Gasteiger partial charge in [-0.1, -0.05) is 41.6 Å². The summed E-state index contributed by atoms with van der Waals surface area (Å²) in [7, 11) is 1.58. The second kappa shape index (κ2) is 12.1. The number of ether oxygens (including phenoxy) is 3. The van der Waals surface area contributed by atoms with E-state index in [0.29, 0.717) is 44.7 Å². The fourth-order valence-electron chi connectivity index (χ4n) is 2.59. The van der Waals surface area contributed by atoms with Crippen LogP contribution in [0.15, 0.2) is 53.2 Å². The molecule has 0 saturated heterocycles. The Bertz CT molecular complexity index is 1190. The first kappa shape index (κ1) is 24.4. The predicted octanol–water partition coefficient (Wildman–Crippen LogP) is 4.93. The topological polar surface area (TPSA) is 106 Å². The van der Waals surface area contributed by atoms with E-state index in [2.05, 4.69) is 14.7 Å². The maximum atomic E-state index is 12.4. The normalized spacial score (nSPS) is 10.9. The Kier molecular flexibility index (Phi) is 8.95. The van der Waals surface area contributed by atoms with Crippen molar-refractivity contribution in [1.82, 2.24) is 9.36 Å². The van der Waals surface area contributed by atoms with Crippen LogP contribution in [-0.4, -0.2) is 41.8 Å². The number of nitrogens with one attached hydrogen (secondary N) is 1. The Morgan fingerprint density at radius 1 is 1.21 bits per heavy atom. The fraction of sp³-hybridized carbons (Fsp3) is 0.182. The number of methoxy groups -OCH3 is 1. The van der Waals surface area contributed by atoms with Crippen LogP contribution in [0.1, 0.15) is 5.56 Å². The van der Waals surface area contributed by atoms with E-state index in [1.54, 1.807) is 25.3 Å². The van der Waals surface area contributed by atoms with E-state index in [4.69, 9.17) is 25.8 Å². The Morgan fingerprint density at radius 3 is 2.58 bits per heavy atom. The molecule has 0 aliphatic heterocycles. The molecule has 3 aromatic rings. The van der Waals surface area contributed by atoms with Crippen LogP contribution in [0.5, 0.6) is 17.2 Å². The van der Waals surface area contributed by atoms with Gasteiger partial charge in [-0.05, 0) is 42.2 Å². The minimum Gasteiger partial charge on any atom is -0.493 e. The molecule has 1 N–H and O–H groups in total. The lowest BCUT2D eigenvalue weighted by Gasteiger charge is -2.12. The maximum Gasteiger partial charge on any atom is 0.268 e. The number of nitriles is 1. The second-order valence-electron chi connectivity index (χ2n) is 6.25. The largest absolute Gasteiger partial charge is 0.493 e. The van der Waals surface area contributed by atoms with Crippen LogP contribution in [0, 0.1) is 11.3 Å². The van der Waals surface area contributed by atoms with Gasteiger partial charge < -0.3 is 14.2 Å². The predicted molar refractivity (Wildman–Crippen MR) is 129 cm³/mol. The summed E-state index contributed by atoms with van der Waals surface area (Å²) in [6, 6.07) is 14.2. The molecule has 0 aliphatic carbocycles. The van der Waals surface area contributed by atoms with Gasteiger partial charge >= 0.3 is 0 Å². The summed E-state index contributed by atoms with van der Waals surface area (Å²) in [5.41, 5.74) is 0.484. The molecule has 0 atom stereocenters. The number of aromatic nitrogens is 2. The number of benzene rings is 2. The zero-order valence-electron chi connectivity index (χ0n) is 17.7. The second-order valence-corrected chi connectivity index (χ2v) is 8.18. The van der Waals surface area contributed by atoms with Crippen LogP contribution in [0.25, 0.3) is 6.08 Å². The molecule has 170 valence electrons. The van der Waals surface area contributed by atoms with E-state index in [1.807, 2.05) is 36.6 Å². The fourth-order valence-corrected chi connectivity index (χ4v) is 3.95. The summed E-state index contributed by atoms with van der Waals surface area (Å²) in [5.74, 6) is 1.14. The third kappa shape index (κ3) is 6.86. The number of anilines is 1. The molecule has 1 aromatic heterocycles. The van der Waals surface area contributed by atoms with Gasteiger partial charge in [0, 0.05) is 11.5 Å². The van der Waals surface area contributed by atoms with Crippen LogP contribution in [0.4, 0.5) is 5.13 Å². The first-order valence-corrected chi connectivity index (χ1v) is 11.9. The summed E-state index contributed by atoms with van der Waals surface area (Å²) in [4.78, 5) is 16.5. The van der Waals surface area contributed by atoms with E-state index in [1.165, 1.54) is 17.8 Å². The van der Waals surface area contributed by atoms with Gasteiger partial charge in [-0.2, -0.15) is 14.6 Å². The van der Waals surface area contributed by atoms with Crippen molar-refractivity contribution in [2.24, 2.45) is 0 Å². The van der Waals surface area contributed by atoms with Gasteiger partial charge in [0.1, 0.15) is 30.6 Å². The lowest BCUT2D eigenvalue weighted by molar-refractivity contribution is -0.112. The van der Waals surface area contributed by atoms with Crippen molar-refractivity contribution in [2.45, 2.75) is 5.16 Å². The molecule has 1 amide bonds. The molecule has 33 heavy (non-hydrogen) atoms. The van der Waals surface area contributed by atoms with Crippen molar-refractivity contribution in [1.29, 1.82) is 5.26 Å². The lowest BCUT2D eigenvalue weighted by atomic mass is 10.1. The van der Waals surface area contributed by atoms with Gasteiger partial charge in [-0.3, -0.25) is 10.1 Å². The highest BCUT2D eigenvalue weighted by atomic mass is 35.5. The monoisotopic (exact) mass is 502 g/mol. The van der Waals surface area contributed by atoms with Crippen LogP contribution in [0.3, 0.4) is 0 Å². The first-order valence-electron chi connectivity index (χ1n) is 9.53. The Morgan fingerprint density at radius 2 is 1.94 bits per heavy atom. The minimum absolute atomic E-state index is 0.0918. The molecular formula is C22H19ClN4O4S2. The molecule has 8 nitrogen and oxygen atoms in total. The molecule has 1 heterocycles. The number of carbonyl (C=O) groups is 1. The highest BCUT2D eigenvalue weighted by Crippen LogP contribution is 2.28. The number of rotatable bonds is 10. The van der Waals surface area contributed by atoms with Gasteiger partial charge in [0.05, 0.1) is 12.1 Å². The van der Waals surface area contributed by atoms with Gasteiger partial charge in [-0.15, -0.1) is 0 Å². The number of nitrogens with zero attached hydrogens (tertiary/aromatic N) is 3.